The number of morpholine rings is 1. The number of ether oxygens (including phenoxy) is 2. The van der Waals surface area contributed by atoms with E-state index in [0.29, 0.717) is 13.2 Å². The highest BCUT2D eigenvalue weighted by atomic mass is 16.5. The minimum atomic E-state index is -0.580. The summed E-state index contributed by atoms with van der Waals surface area (Å²) in [5.74, 6) is 0.829. The molecule has 0 bridgehead atoms. The van der Waals surface area contributed by atoms with Gasteiger partial charge in [-0.15, -0.1) is 0 Å². The van der Waals surface area contributed by atoms with E-state index in [1.54, 1.807) is 0 Å². The normalized spacial score (nSPS) is 22.7. The standard InChI is InChI=1S/C14H21NO3/c1-3-17-12-6-4-11(5-7-12)14(16)13-10-15(2)8-9-18-13/h4-7,13-14,16H,3,8-10H2,1-2H3. The lowest BCUT2D eigenvalue weighted by molar-refractivity contribution is -0.0844. The number of aliphatic hydroxyl groups is 1. The summed E-state index contributed by atoms with van der Waals surface area (Å²) in [4.78, 5) is 2.17. The van der Waals surface area contributed by atoms with Crippen LogP contribution in [0.25, 0.3) is 0 Å². The molecule has 18 heavy (non-hydrogen) atoms. The van der Waals surface area contributed by atoms with Crippen molar-refractivity contribution in [3.8, 4) is 5.75 Å². The highest BCUT2D eigenvalue weighted by Crippen LogP contribution is 2.23. The van der Waals surface area contributed by atoms with Crippen LogP contribution in [0.4, 0.5) is 0 Å². The first-order valence-corrected chi connectivity index (χ1v) is 6.41. The van der Waals surface area contributed by atoms with Gasteiger partial charge in [-0.2, -0.15) is 0 Å². The molecular weight excluding hydrogens is 230 g/mol. The molecule has 4 nitrogen and oxygen atoms in total. The van der Waals surface area contributed by atoms with Gasteiger partial charge in [0.1, 0.15) is 18.0 Å². The number of rotatable bonds is 4. The van der Waals surface area contributed by atoms with Crippen LogP contribution in [0.15, 0.2) is 24.3 Å². The molecule has 0 saturated carbocycles. The zero-order valence-corrected chi connectivity index (χ0v) is 11.0. The van der Waals surface area contributed by atoms with Crippen molar-refractivity contribution in [1.82, 2.24) is 4.90 Å². The van der Waals surface area contributed by atoms with Gasteiger partial charge in [0.2, 0.25) is 0 Å². The highest BCUT2D eigenvalue weighted by Gasteiger charge is 2.26. The molecule has 0 spiro atoms. The lowest BCUT2D eigenvalue weighted by atomic mass is 10.0. The van der Waals surface area contributed by atoms with Gasteiger partial charge in [-0.1, -0.05) is 12.1 Å². The summed E-state index contributed by atoms with van der Waals surface area (Å²) in [5, 5.41) is 10.3. The van der Waals surface area contributed by atoms with Crippen molar-refractivity contribution < 1.29 is 14.6 Å². The Morgan fingerprint density at radius 2 is 2.17 bits per heavy atom. The monoisotopic (exact) mass is 251 g/mol. The zero-order valence-electron chi connectivity index (χ0n) is 11.0. The Kier molecular flexibility index (Phi) is 4.58. The summed E-state index contributed by atoms with van der Waals surface area (Å²) in [6.45, 7) is 4.96. The Morgan fingerprint density at radius 1 is 1.44 bits per heavy atom. The summed E-state index contributed by atoms with van der Waals surface area (Å²) in [6.07, 6.45) is -0.731. The maximum atomic E-state index is 10.3. The molecule has 100 valence electrons. The van der Waals surface area contributed by atoms with Crippen LogP contribution in [0.2, 0.25) is 0 Å². The molecule has 1 aliphatic heterocycles. The summed E-state index contributed by atoms with van der Waals surface area (Å²) in [5.41, 5.74) is 0.874. The predicted molar refractivity (Wildman–Crippen MR) is 69.8 cm³/mol. The molecule has 2 atom stereocenters. The van der Waals surface area contributed by atoms with Crippen molar-refractivity contribution in [3.05, 3.63) is 29.8 Å². The number of likely N-dealkylation sites (N-methyl/N-ethyl adjacent to an activating group) is 1. The van der Waals surface area contributed by atoms with Crippen LogP contribution >= 0.6 is 0 Å². The average Bonchev–Trinajstić information content (AvgIpc) is 2.39. The molecule has 1 heterocycles. The van der Waals surface area contributed by atoms with Gasteiger partial charge in [0.25, 0.3) is 0 Å². The summed E-state index contributed by atoms with van der Waals surface area (Å²) >= 11 is 0. The smallest absolute Gasteiger partial charge is 0.119 e. The molecule has 0 aliphatic carbocycles. The van der Waals surface area contributed by atoms with E-state index < -0.39 is 6.10 Å². The Balaban J connectivity index is 2.01. The fraction of sp³-hybridized carbons (Fsp3) is 0.571. The Bertz CT molecular complexity index is 366. The molecule has 0 amide bonds. The van der Waals surface area contributed by atoms with E-state index in [2.05, 4.69) is 4.90 Å². The van der Waals surface area contributed by atoms with Crippen LogP contribution < -0.4 is 4.74 Å². The average molecular weight is 251 g/mol. The summed E-state index contributed by atoms with van der Waals surface area (Å²) in [6, 6.07) is 7.56. The summed E-state index contributed by atoms with van der Waals surface area (Å²) in [7, 11) is 2.04. The topological polar surface area (TPSA) is 41.9 Å². The SMILES string of the molecule is CCOc1ccc(C(O)C2CN(C)CCO2)cc1. The first-order chi connectivity index (χ1) is 8.70. The van der Waals surface area contributed by atoms with Crippen molar-refractivity contribution in [1.29, 1.82) is 0 Å². The summed E-state index contributed by atoms with van der Waals surface area (Å²) < 4.78 is 11.0. The largest absolute Gasteiger partial charge is 0.494 e. The van der Waals surface area contributed by atoms with E-state index in [-0.39, 0.29) is 6.10 Å². The zero-order chi connectivity index (χ0) is 13.0. The fourth-order valence-corrected chi connectivity index (χ4v) is 2.14. The van der Waals surface area contributed by atoms with E-state index in [0.717, 1.165) is 24.4 Å². The molecule has 1 aliphatic rings. The molecule has 1 saturated heterocycles. The molecule has 0 aromatic heterocycles. The van der Waals surface area contributed by atoms with Gasteiger partial charge >= 0.3 is 0 Å². The predicted octanol–water partition coefficient (Wildman–Crippen LogP) is 1.45. The van der Waals surface area contributed by atoms with E-state index in [4.69, 9.17) is 9.47 Å². The van der Waals surface area contributed by atoms with Crippen LogP contribution in [-0.2, 0) is 4.74 Å². The molecule has 1 aromatic rings. The second-order valence-electron chi connectivity index (χ2n) is 4.62. The Morgan fingerprint density at radius 3 is 2.78 bits per heavy atom. The number of hydrogen-bond donors (Lipinski definition) is 1. The molecule has 1 N–H and O–H groups in total. The van der Waals surface area contributed by atoms with Gasteiger partial charge in [0.15, 0.2) is 0 Å². The quantitative estimate of drug-likeness (QED) is 0.879. The van der Waals surface area contributed by atoms with Gasteiger partial charge < -0.3 is 19.5 Å². The minimum Gasteiger partial charge on any atom is -0.494 e. The number of benzene rings is 1. The number of hydrogen-bond acceptors (Lipinski definition) is 4. The van der Waals surface area contributed by atoms with Crippen molar-refractivity contribution in [2.24, 2.45) is 0 Å². The van der Waals surface area contributed by atoms with Crippen molar-refractivity contribution >= 4 is 0 Å². The lowest BCUT2D eigenvalue weighted by Gasteiger charge is -2.33. The fourth-order valence-electron chi connectivity index (χ4n) is 2.14. The second-order valence-corrected chi connectivity index (χ2v) is 4.62. The van der Waals surface area contributed by atoms with Crippen LogP contribution in [0.1, 0.15) is 18.6 Å². The third-order valence-electron chi connectivity index (χ3n) is 3.18. The van der Waals surface area contributed by atoms with Gasteiger partial charge in [-0.25, -0.2) is 0 Å². The van der Waals surface area contributed by atoms with E-state index in [1.807, 2.05) is 38.2 Å². The van der Waals surface area contributed by atoms with Gasteiger partial charge in [-0.05, 0) is 31.7 Å². The van der Waals surface area contributed by atoms with E-state index >= 15 is 0 Å². The molecule has 2 unspecified atom stereocenters. The van der Waals surface area contributed by atoms with Gasteiger partial charge in [0.05, 0.1) is 13.2 Å². The Hall–Kier alpha value is -1.10. The lowest BCUT2D eigenvalue weighted by Crippen LogP contribution is -2.42. The van der Waals surface area contributed by atoms with E-state index in [1.165, 1.54) is 0 Å². The third kappa shape index (κ3) is 3.22. The van der Waals surface area contributed by atoms with Crippen LogP contribution in [0, 0.1) is 0 Å². The molecule has 0 radical (unpaired) electrons. The molecule has 1 aromatic carbocycles. The van der Waals surface area contributed by atoms with Crippen molar-refractivity contribution in [2.75, 3.05) is 33.4 Å². The Labute approximate surface area is 108 Å². The van der Waals surface area contributed by atoms with Crippen molar-refractivity contribution in [2.45, 2.75) is 19.1 Å². The first kappa shape index (κ1) is 13.3. The van der Waals surface area contributed by atoms with Crippen molar-refractivity contribution in [3.63, 3.8) is 0 Å². The van der Waals surface area contributed by atoms with Gasteiger partial charge in [-0.3, -0.25) is 0 Å². The molecular formula is C14H21NO3. The van der Waals surface area contributed by atoms with Crippen LogP contribution in [0.5, 0.6) is 5.75 Å². The van der Waals surface area contributed by atoms with E-state index in [9.17, 15) is 5.11 Å². The van der Waals surface area contributed by atoms with Crippen LogP contribution in [-0.4, -0.2) is 49.5 Å². The molecule has 4 heteroatoms. The maximum Gasteiger partial charge on any atom is 0.119 e. The number of nitrogens with zero attached hydrogens (tertiary/aromatic N) is 1. The molecule has 1 fully saturated rings. The highest BCUT2D eigenvalue weighted by molar-refractivity contribution is 5.29. The van der Waals surface area contributed by atoms with Crippen LogP contribution in [0.3, 0.4) is 0 Å². The maximum absolute atomic E-state index is 10.3. The second kappa shape index (κ2) is 6.18. The number of aliphatic hydroxyl groups excluding tert-OH is 1. The molecule has 2 rings (SSSR count). The minimum absolute atomic E-state index is 0.151. The first-order valence-electron chi connectivity index (χ1n) is 6.41. The third-order valence-corrected chi connectivity index (χ3v) is 3.18. The van der Waals surface area contributed by atoms with Gasteiger partial charge in [0, 0.05) is 13.1 Å².